The zero-order chi connectivity index (χ0) is 20.9. The summed E-state index contributed by atoms with van der Waals surface area (Å²) in [6.07, 6.45) is 7.50. The standard InChI is InChI=1S/C24H34FN3O2/c25-22-9-3-7-20(15-22)17-26-10-4-8-21(18-26)24(30)28-13-11-27(12-14-28)23(29)16-19-5-1-2-6-19/h3,7,9,15,19,21H,1-2,4-6,8,10-14,16-18H2. The van der Waals surface area contributed by atoms with Crippen molar-refractivity contribution in [1.29, 1.82) is 0 Å². The number of carbonyl (C=O) groups is 2. The number of amides is 2. The Hall–Kier alpha value is -1.95. The molecule has 2 saturated heterocycles. The minimum absolute atomic E-state index is 0.00745. The highest BCUT2D eigenvalue weighted by Crippen LogP contribution is 2.28. The van der Waals surface area contributed by atoms with Gasteiger partial charge in [-0.3, -0.25) is 14.5 Å². The molecule has 4 rings (SSSR count). The van der Waals surface area contributed by atoms with Gasteiger partial charge in [0.15, 0.2) is 0 Å². The van der Waals surface area contributed by atoms with Gasteiger partial charge in [-0.1, -0.05) is 25.0 Å². The molecule has 1 unspecified atom stereocenters. The van der Waals surface area contributed by atoms with Crippen LogP contribution in [0.2, 0.25) is 0 Å². The molecule has 2 heterocycles. The fraction of sp³-hybridized carbons (Fsp3) is 0.667. The first kappa shape index (κ1) is 21.3. The van der Waals surface area contributed by atoms with Crippen LogP contribution in [0, 0.1) is 17.7 Å². The van der Waals surface area contributed by atoms with Crippen LogP contribution < -0.4 is 0 Å². The number of halogens is 1. The summed E-state index contributed by atoms with van der Waals surface area (Å²) in [5.74, 6) is 0.865. The lowest BCUT2D eigenvalue weighted by atomic mass is 9.95. The number of benzene rings is 1. The van der Waals surface area contributed by atoms with Crippen molar-refractivity contribution in [2.24, 2.45) is 11.8 Å². The van der Waals surface area contributed by atoms with Crippen molar-refractivity contribution < 1.29 is 14.0 Å². The lowest BCUT2D eigenvalue weighted by molar-refractivity contribution is -0.143. The molecule has 0 spiro atoms. The van der Waals surface area contributed by atoms with Gasteiger partial charge in [0.1, 0.15) is 5.82 Å². The van der Waals surface area contributed by atoms with Crippen LogP contribution in [-0.2, 0) is 16.1 Å². The largest absolute Gasteiger partial charge is 0.339 e. The predicted octanol–water partition coefficient (Wildman–Crippen LogP) is 3.29. The summed E-state index contributed by atoms with van der Waals surface area (Å²) in [4.78, 5) is 31.8. The van der Waals surface area contributed by atoms with E-state index in [1.807, 2.05) is 15.9 Å². The maximum atomic E-state index is 13.5. The van der Waals surface area contributed by atoms with Gasteiger partial charge in [-0.2, -0.15) is 0 Å². The number of piperazine rings is 1. The highest BCUT2D eigenvalue weighted by molar-refractivity contribution is 5.80. The van der Waals surface area contributed by atoms with Gasteiger partial charge in [0.05, 0.1) is 5.92 Å². The maximum absolute atomic E-state index is 13.5. The Labute approximate surface area is 179 Å². The minimum Gasteiger partial charge on any atom is -0.339 e. The van der Waals surface area contributed by atoms with Crippen molar-refractivity contribution in [3.05, 3.63) is 35.6 Å². The van der Waals surface area contributed by atoms with E-state index < -0.39 is 0 Å². The molecule has 5 nitrogen and oxygen atoms in total. The molecule has 1 aromatic rings. The number of carbonyl (C=O) groups excluding carboxylic acids is 2. The lowest BCUT2D eigenvalue weighted by Gasteiger charge is -2.39. The number of likely N-dealkylation sites (tertiary alicyclic amines) is 1. The molecule has 3 fully saturated rings. The van der Waals surface area contributed by atoms with Crippen molar-refractivity contribution in [2.75, 3.05) is 39.3 Å². The monoisotopic (exact) mass is 415 g/mol. The summed E-state index contributed by atoms with van der Waals surface area (Å²) in [6.45, 7) is 4.99. The first-order valence-electron chi connectivity index (χ1n) is 11.6. The number of piperidine rings is 1. The van der Waals surface area contributed by atoms with Crippen molar-refractivity contribution >= 4 is 11.8 Å². The molecule has 0 radical (unpaired) electrons. The van der Waals surface area contributed by atoms with E-state index in [2.05, 4.69) is 4.90 Å². The summed E-state index contributed by atoms with van der Waals surface area (Å²) >= 11 is 0. The quantitative estimate of drug-likeness (QED) is 0.741. The van der Waals surface area contributed by atoms with Crippen molar-refractivity contribution in [3.63, 3.8) is 0 Å². The average molecular weight is 416 g/mol. The Morgan fingerprint density at radius 3 is 2.40 bits per heavy atom. The molecule has 2 aliphatic heterocycles. The Kier molecular flexibility index (Phi) is 7.03. The summed E-state index contributed by atoms with van der Waals surface area (Å²) in [5, 5.41) is 0. The van der Waals surface area contributed by atoms with E-state index in [0.29, 0.717) is 45.1 Å². The van der Waals surface area contributed by atoms with E-state index in [1.54, 1.807) is 12.1 Å². The van der Waals surface area contributed by atoms with Crippen LogP contribution in [0.15, 0.2) is 24.3 Å². The van der Waals surface area contributed by atoms with Crippen molar-refractivity contribution in [1.82, 2.24) is 14.7 Å². The summed E-state index contributed by atoms with van der Waals surface area (Å²) in [7, 11) is 0. The summed E-state index contributed by atoms with van der Waals surface area (Å²) in [5.41, 5.74) is 0.956. The minimum atomic E-state index is -0.211. The Morgan fingerprint density at radius 2 is 1.67 bits per heavy atom. The fourth-order valence-corrected chi connectivity index (χ4v) is 5.32. The molecule has 0 N–H and O–H groups in total. The van der Waals surface area contributed by atoms with Gasteiger partial charge in [-0.05, 0) is 55.8 Å². The summed E-state index contributed by atoms with van der Waals surface area (Å²) < 4.78 is 13.5. The second kappa shape index (κ2) is 9.90. The van der Waals surface area contributed by atoms with Crippen LogP contribution in [-0.4, -0.2) is 65.8 Å². The van der Waals surface area contributed by atoms with Crippen LogP contribution in [0.25, 0.3) is 0 Å². The van der Waals surface area contributed by atoms with E-state index in [1.165, 1.54) is 31.7 Å². The molecule has 1 aromatic carbocycles. The number of rotatable bonds is 5. The Balaban J connectivity index is 1.24. The van der Waals surface area contributed by atoms with Gasteiger partial charge in [-0.15, -0.1) is 0 Å². The van der Waals surface area contributed by atoms with Crippen molar-refractivity contribution in [2.45, 2.75) is 51.5 Å². The average Bonchev–Trinajstić information content (AvgIpc) is 3.26. The number of hydrogen-bond donors (Lipinski definition) is 0. The lowest BCUT2D eigenvalue weighted by Crippen LogP contribution is -2.53. The number of nitrogens with zero attached hydrogens (tertiary/aromatic N) is 3. The van der Waals surface area contributed by atoms with Gasteiger partial charge < -0.3 is 9.80 Å². The number of hydrogen-bond acceptors (Lipinski definition) is 3. The van der Waals surface area contributed by atoms with Crippen molar-refractivity contribution in [3.8, 4) is 0 Å². The van der Waals surface area contributed by atoms with E-state index >= 15 is 0 Å². The van der Waals surface area contributed by atoms with E-state index in [9.17, 15) is 14.0 Å². The molecule has 1 atom stereocenters. The normalized spacial score (nSPS) is 23.7. The highest BCUT2D eigenvalue weighted by atomic mass is 19.1. The van der Waals surface area contributed by atoms with Crippen LogP contribution >= 0.6 is 0 Å². The second-order valence-electron chi connectivity index (χ2n) is 9.26. The Morgan fingerprint density at radius 1 is 0.933 bits per heavy atom. The molecule has 1 aliphatic carbocycles. The third-order valence-electron chi connectivity index (χ3n) is 7.03. The molecule has 2 amide bonds. The van der Waals surface area contributed by atoms with Gasteiger partial charge >= 0.3 is 0 Å². The van der Waals surface area contributed by atoms with Gasteiger partial charge in [0.25, 0.3) is 0 Å². The zero-order valence-electron chi connectivity index (χ0n) is 17.9. The SMILES string of the molecule is O=C(CC1CCCC1)N1CCN(C(=O)C2CCCN(Cc3cccc(F)c3)C2)CC1. The molecule has 0 aromatic heterocycles. The van der Waals surface area contributed by atoms with Gasteiger partial charge in [0, 0.05) is 45.7 Å². The first-order valence-corrected chi connectivity index (χ1v) is 11.6. The van der Waals surface area contributed by atoms with Crippen LogP contribution in [0.5, 0.6) is 0 Å². The van der Waals surface area contributed by atoms with Gasteiger partial charge in [-0.25, -0.2) is 4.39 Å². The zero-order valence-corrected chi connectivity index (χ0v) is 17.9. The molecular formula is C24H34FN3O2. The van der Waals surface area contributed by atoms with Crippen LogP contribution in [0.4, 0.5) is 4.39 Å². The third kappa shape index (κ3) is 5.39. The first-order chi connectivity index (χ1) is 14.6. The molecule has 30 heavy (non-hydrogen) atoms. The molecule has 164 valence electrons. The molecule has 0 bridgehead atoms. The smallest absolute Gasteiger partial charge is 0.227 e. The molecular weight excluding hydrogens is 381 g/mol. The highest BCUT2D eigenvalue weighted by Gasteiger charge is 2.32. The van der Waals surface area contributed by atoms with E-state index in [-0.39, 0.29) is 23.5 Å². The van der Waals surface area contributed by atoms with Crippen LogP contribution in [0.3, 0.4) is 0 Å². The third-order valence-corrected chi connectivity index (χ3v) is 7.03. The van der Waals surface area contributed by atoms with E-state index in [4.69, 9.17) is 0 Å². The molecule has 3 aliphatic rings. The topological polar surface area (TPSA) is 43.9 Å². The Bertz CT molecular complexity index is 742. The fourth-order valence-electron chi connectivity index (χ4n) is 5.32. The van der Waals surface area contributed by atoms with Crippen LogP contribution in [0.1, 0.15) is 50.5 Å². The second-order valence-corrected chi connectivity index (χ2v) is 9.26. The predicted molar refractivity (Wildman–Crippen MR) is 114 cm³/mol. The van der Waals surface area contributed by atoms with Gasteiger partial charge in [0.2, 0.25) is 11.8 Å². The van der Waals surface area contributed by atoms with E-state index in [0.717, 1.165) is 31.5 Å². The summed E-state index contributed by atoms with van der Waals surface area (Å²) in [6, 6.07) is 6.72. The maximum Gasteiger partial charge on any atom is 0.227 e. The molecule has 1 saturated carbocycles. The molecule has 6 heteroatoms.